The average Bonchev–Trinajstić information content (AvgIpc) is 3.03. The zero-order chi connectivity index (χ0) is 17.8. The number of imidazole rings is 1. The van der Waals surface area contributed by atoms with Crippen molar-refractivity contribution in [1.82, 2.24) is 15.0 Å². The van der Waals surface area contributed by atoms with E-state index in [1.54, 1.807) is 12.4 Å². The summed E-state index contributed by atoms with van der Waals surface area (Å²) in [5.74, 6) is 0.742. The number of nitrogens with zero attached hydrogens (tertiary/aromatic N) is 2. The second-order valence-corrected chi connectivity index (χ2v) is 6.30. The Kier molecular flexibility index (Phi) is 4.93. The van der Waals surface area contributed by atoms with E-state index in [1.807, 2.05) is 18.2 Å². The van der Waals surface area contributed by atoms with Crippen LogP contribution in [0.15, 0.2) is 42.7 Å². The minimum absolute atomic E-state index is 0.0845. The topological polar surface area (TPSA) is 70.7 Å². The number of benzene rings is 1. The van der Waals surface area contributed by atoms with Gasteiger partial charge in [0.25, 0.3) is 0 Å². The van der Waals surface area contributed by atoms with Crippen molar-refractivity contribution in [2.45, 2.75) is 27.2 Å². The number of aromatic amines is 1. The molecule has 0 spiro atoms. The maximum Gasteiger partial charge on any atom is 0.159 e. The third-order valence-corrected chi connectivity index (χ3v) is 4.07. The van der Waals surface area contributed by atoms with Crippen LogP contribution in [0.2, 0.25) is 0 Å². The number of aryl methyl sites for hydroxylation is 3. The van der Waals surface area contributed by atoms with Crippen molar-refractivity contribution in [3.8, 4) is 11.4 Å². The van der Waals surface area contributed by atoms with Crippen LogP contribution in [0.25, 0.3) is 11.4 Å². The molecule has 128 valence electrons. The number of anilines is 1. The molecule has 0 aliphatic rings. The number of H-pyrrole nitrogens is 1. The Hall–Kier alpha value is -2.95. The van der Waals surface area contributed by atoms with Gasteiger partial charge in [0.05, 0.1) is 30.6 Å². The fourth-order valence-corrected chi connectivity index (χ4v) is 3.00. The van der Waals surface area contributed by atoms with Gasteiger partial charge in [0.1, 0.15) is 5.82 Å². The van der Waals surface area contributed by atoms with Crippen LogP contribution in [-0.2, 0) is 11.2 Å². The summed E-state index contributed by atoms with van der Waals surface area (Å²) in [7, 11) is 0. The van der Waals surface area contributed by atoms with Gasteiger partial charge in [-0.1, -0.05) is 23.8 Å². The van der Waals surface area contributed by atoms with E-state index in [2.05, 4.69) is 53.2 Å². The molecule has 3 aromatic rings. The van der Waals surface area contributed by atoms with E-state index in [0.29, 0.717) is 5.82 Å². The van der Waals surface area contributed by atoms with E-state index in [4.69, 9.17) is 0 Å². The summed E-state index contributed by atoms with van der Waals surface area (Å²) in [6, 6.07) is 9.93. The van der Waals surface area contributed by atoms with Crippen molar-refractivity contribution in [2.75, 3.05) is 11.9 Å². The molecule has 0 aliphatic heterocycles. The third-order valence-electron chi connectivity index (χ3n) is 4.07. The molecular weight excluding hydrogens is 312 g/mol. The lowest BCUT2D eigenvalue weighted by Gasteiger charge is -2.13. The highest BCUT2D eigenvalue weighted by Crippen LogP contribution is 2.21. The maximum absolute atomic E-state index is 12.3. The molecule has 2 N–H and O–H groups in total. The van der Waals surface area contributed by atoms with Gasteiger partial charge >= 0.3 is 0 Å². The summed E-state index contributed by atoms with van der Waals surface area (Å²) in [5.41, 5.74) is 6.21. The van der Waals surface area contributed by atoms with Gasteiger partial charge in [0.2, 0.25) is 0 Å². The molecule has 0 saturated carbocycles. The first kappa shape index (κ1) is 16.9. The van der Waals surface area contributed by atoms with Crippen LogP contribution in [0.1, 0.15) is 22.5 Å². The van der Waals surface area contributed by atoms with Crippen molar-refractivity contribution < 1.29 is 4.79 Å². The molecule has 2 aromatic heterocycles. The van der Waals surface area contributed by atoms with E-state index < -0.39 is 0 Å². The zero-order valence-corrected chi connectivity index (χ0v) is 14.8. The van der Waals surface area contributed by atoms with Crippen LogP contribution in [0.3, 0.4) is 0 Å². The van der Waals surface area contributed by atoms with Crippen LogP contribution >= 0.6 is 0 Å². The van der Waals surface area contributed by atoms with Gasteiger partial charge in [-0.25, -0.2) is 4.98 Å². The number of ketones is 1. The number of carbonyl (C=O) groups excluding carboxylic acids is 1. The standard InChI is InChI=1S/C20H22N4O/c1-13-8-14(2)20(15(3)9-13)23-11-16(25)10-19-22-12-18(24-19)17-6-4-5-7-21-17/h4-9,12,23H,10-11H2,1-3H3,(H,22,24). The molecule has 1 aromatic carbocycles. The number of pyridine rings is 1. The first-order valence-corrected chi connectivity index (χ1v) is 8.31. The van der Waals surface area contributed by atoms with Gasteiger partial charge in [0, 0.05) is 11.9 Å². The Morgan fingerprint density at radius 3 is 2.56 bits per heavy atom. The van der Waals surface area contributed by atoms with E-state index in [-0.39, 0.29) is 18.7 Å². The summed E-state index contributed by atoms with van der Waals surface area (Å²) in [4.78, 5) is 24.0. The molecule has 0 atom stereocenters. The van der Waals surface area contributed by atoms with Crippen molar-refractivity contribution in [3.63, 3.8) is 0 Å². The fourth-order valence-electron chi connectivity index (χ4n) is 3.00. The third kappa shape index (κ3) is 4.12. The number of hydrogen-bond donors (Lipinski definition) is 2. The molecule has 0 aliphatic carbocycles. The summed E-state index contributed by atoms with van der Waals surface area (Å²) in [5, 5.41) is 3.26. The highest BCUT2D eigenvalue weighted by molar-refractivity contribution is 5.85. The number of nitrogens with one attached hydrogen (secondary N) is 2. The molecule has 25 heavy (non-hydrogen) atoms. The molecule has 2 heterocycles. The largest absolute Gasteiger partial charge is 0.378 e. The highest BCUT2D eigenvalue weighted by atomic mass is 16.1. The van der Waals surface area contributed by atoms with E-state index in [1.165, 1.54) is 5.56 Å². The summed E-state index contributed by atoms with van der Waals surface area (Å²) < 4.78 is 0. The van der Waals surface area contributed by atoms with Gasteiger partial charge < -0.3 is 10.3 Å². The molecule has 0 radical (unpaired) electrons. The molecular formula is C20H22N4O. The highest BCUT2D eigenvalue weighted by Gasteiger charge is 2.10. The smallest absolute Gasteiger partial charge is 0.159 e. The Morgan fingerprint density at radius 2 is 1.88 bits per heavy atom. The first-order chi connectivity index (χ1) is 12.0. The van der Waals surface area contributed by atoms with Crippen LogP contribution in [-0.4, -0.2) is 27.3 Å². The first-order valence-electron chi connectivity index (χ1n) is 8.31. The Balaban J connectivity index is 1.61. The van der Waals surface area contributed by atoms with Crippen molar-refractivity contribution >= 4 is 11.5 Å². The van der Waals surface area contributed by atoms with Crippen molar-refractivity contribution in [2.24, 2.45) is 0 Å². The fraction of sp³-hybridized carbons (Fsp3) is 0.250. The Labute approximate surface area is 147 Å². The second kappa shape index (κ2) is 7.30. The summed E-state index contributed by atoms with van der Waals surface area (Å²) in [6.07, 6.45) is 3.72. The van der Waals surface area contributed by atoms with Gasteiger partial charge in [0.15, 0.2) is 5.78 Å². The lowest BCUT2D eigenvalue weighted by Crippen LogP contribution is -2.17. The minimum atomic E-state index is 0.0845. The maximum atomic E-state index is 12.3. The summed E-state index contributed by atoms with van der Waals surface area (Å²) in [6.45, 7) is 6.46. The molecule has 0 amide bonds. The Bertz CT molecular complexity index is 861. The van der Waals surface area contributed by atoms with E-state index in [0.717, 1.165) is 28.2 Å². The molecule has 0 saturated heterocycles. The number of Topliss-reactive ketones (excluding diaryl/α,β-unsaturated/α-hetero) is 1. The Morgan fingerprint density at radius 1 is 1.12 bits per heavy atom. The lowest BCUT2D eigenvalue weighted by molar-refractivity contribution is -0.116. The van der Waals surface area contributed by atoms with Crippen LogP contribution in [0.4, 0.5) is 5.69 Å². The summed E-state index contributed by atoms with van der Waals surface area (Å²) >= 11 is 0. The van der Waals surface area contributed by atoms with E-state index >= 15 is 0 Å². The quantitative estimate of drug-likeness (QED) is 0.722. The number of aromatic nitrogens is 3. The molecule has 0 fully saturated rings. The lowest BCUT2D eigenvalue weighted by atomic mass is 10.0. The second-order valence-electron chi connectivity index (χ2n) is 6.30. The normalized spacial score (nSPS) is 10.7. The van der Waals surface area contributed by atoms with Gasteiger partial charge in [-0.15, -0.1) is 0 Å². The number of rotatable bonds is 6. The average molecular weight is 334 g/mol. The molecule has 5 heteroatoms. The molecule has 3 rings (SSSR count). The predicted molar refractivity (Wildman–Crippen MR) is 99.7 cm³/mol. The zero-order valence-electron chi connectivity index (χ0n) is 14.8. The van der Waals surface area contributed by atoms with Crippen LogP contribution < -0.4 is 5.32 Å². The van der Waals surface area contributed by atoms with Crippen molar-refractivity contribution in [1.29, 1.82) is 0 Å². The molecule has 5 nitrogen and oxygen atoms in total. The molecule has 0 bridgehead atoms. The van der Waals surface area contributed by atoms with Crippen LogP contribution in [0, 0.1) is 20.8 Å². The number of carbonyl (C=O) groups is 1. The molecule has 0 unspecified atom stereocenters. The van der Waals surface area contributed by atoms with Crippen LogP contribution in [0.5, 0.6) is 0 Å². The van der Waals surface area contributed by atoms with E-state index in [9.17, 15) is 4.79 Å². The predicted octanol–water partition coefficient (Wildman–Crippen LogP) is 3.62. The SMILES string of the molecule is Cc1cc(C)c(NCC(=O)Cc2ncc(-c3ccccn3)[nH]2)c(C)c1. The van der Waals surface area contributed by atoms with Gasteiger partial charge in [-0.2, -0.15) is 0 Å². The van der Waals surface area contributed by atoms with Gasteiger partial charge in [-0.05, 0) is 44.0 Å². The van der Waals surface area contributed by atoms with Crippen molar-refractivity contribution in [3.05, 3.63) is 65.2 Å². The monoisotopic (exact) mass is 334 g/mol. The number of hydrogen-bond acceptors (Lipinski definition) is 4. The van der Waals surface area contributed by atoms with Gasteiger partial charge in [-0.3, -0.25) is 9.78 Å². The minimum Gasteiger partial charge on any atom is -0.378 e.